The molecule has 2 nitrogen and oxygen atoms in total. The van der Waals surface area contributed by atoms with Crippen LogP contribution in [-0.4, -0.2) is 4.98 Å². The first-order valence-corrected chi connectivity index (χ1v) is 5.03. The molecule has 84 valence electrons. The van der Waals surface area contributed by atoms with E-state index >= 15 is 0 Å². The Kier molecular flexibility index (Phi) is 2.14. The number of hydrogen-bond acceptors (Lipinski definition) is 2. The Hall–Kier alpha value is -2.23. The van der Waals surface area contributed by atoms with Crippen molar-refractivity contribution < 1.29 is 13.2 Å². The van der Waals surface area contributed by atoms with Gasteiger partial charge in [0.1, 0.15) is 17.2 Å². The lowest BCUT2D eigenvalue weighted by Crippen LogP contribution is -1.89. The SMILES string of the molecule is Fc1ccc(-c2nccc3occc23)c(F)c1. The van der Waals surface area contributed by atoms with Gasteiger partial charge in [0, 0.05) is 23.2 Å². The molecule has 3 rings (SSSR count). The maximum atomic E-state index is 13.7. The van der Waals surface area contributed by atoms with Crippen LogP contribution < -0.4 is 0 Å². The summed E-state index contributed by atoms with van der Waals surface area (Å²) in [5.74, 6) is -1.24. The van der Waals surface area contributed by atoms with Gasteiger partial charge in [0.15, 0.2) is 0 Å². The number of furan rings is 1. The number of halogens is 2. The largest absolute Gasteiger partial charge is 0.464 e. The number of pyridine rings is 1. The molecule has 0 amide bonds. The van der Waals surface area contributed by atoms with Gasteiger partial charge in [-0.3, -0.25) is 4.98 Å². The lowest BCUT2D eigenvalue weighted by atomic mass is 10.1. The topological polar surface area (TPSA) is 26.0 Å². The van der Waals surface area contributed by atoms with Crippen molar-refractivity contribution in [2.45, 2.75) is 0 Å². The number of fused-ring (bicyclic) bond motifs is 1. The summed E-state index contributed by atoms with van der Waals surface area (Å²) in [4.78, 5) is 4.12. The molecular weight excluding hydrogens is 224 g/mol. The maximum Gasteiger partial charge on any atom is 0.137 e. The quantitative estimate of drug-likeness (QED) is 0.637. The first-order chi connectivity index (χ1) is 8.25. The molecular formula is C13H7F2NO. The molecule has 0 aliphatic carbocycles. The van der Waals surface area contributed by atoms with Crippen LogP contribution in [0.2, 0.25) is 0 Å². The molecule has 1 aromatic carbocycles. The summed E-state index contributed by atoms with van der Waals surface area (Å²) in [5, 5.41) is 0.706. The van der Waals surface area contributed by atoms with Crippen LogP contribution in [0, 0.1) is 11.6 Å². The smallest absolute Gasteiger partial charge is 0.137 e. The van der Waals surface area contributed by atoms with E-state index in [4.69, 9.17) is 4.42 Å². The number of nitrogens with zero attached hydrogens (tertiary/aromatic N) is 1. The van der Waals surface area contributed by atoms with Gasteiger partial charge >= 0.3 is 0 Å². The van der Waals surface area contributed by atoms with Crippen molar-refractivity contribution in [2.75, 3.05) is 0 Å². The van der Waals surface area contributed by atoms with Gasteiger partial charge in [-0.15, -0.1) is 0 Å². The second kappa shape index (κ2) is 3.66. The average molecular weight is 231 g/mol. The zero-order chi connectivity index (χ0) is 11.8. The fourth-order valence-electron chi connectivity index (χ4n) is 1.79. The molecule has 3 aromatic rings. The van der Waals surface area contributed by atoms with E-state index in [1.54, 1.807) is 12.1 Å². The number of hydrogen-bond donors (Lipinski definition) is 0. The molecule has 0 saturated carbocycles. The standard InChI is InChI=1S/C13H7F2NO/c14-8-1-2-9(11(15)7-8)13-10-4-6-17-12(10)3-5-16-13/h1-7H. The van der Waals surface area contributed by atoms with Crippen molar-refractivity contribution >= 4 is 11.0 Å². The Morgan fingerprint density at radius 1 is 1.06 bits per heavy atom. The van der Waals surface area contributed by atoms with Crippen LogP contribution in [0.15, 0.2) is 47.2 Å². The van der Waals surface area contributed by atoms with E-state index in [9.17, 15) is 8.78 Å². The summed E-state index contributed by atoms with van der Waals surface area (Å²) >= 11 is 0. The molecule has 0 atom stereocenters. The minimum Gasteiger partial charge on any atom is -0.464 e. The van der Waals surface area contributed by atoms with Crippen molar-refractivity contribution in [3.8, 4) is 11.3 Å². The van der Waals surface area contributed by atoms with Crippen LogP contribution in [0.4, 0.5) is 8.78 Å². The lowest BCUT2D eigenvalue weighted by Gasteiger charge is -2.03. The Morgan fingerprint density at radius 2 is 1.94 bits per heavy atom. The molecule has 17 heavy (non-hydrogen) atoms. The summed E-state index contributed by atoms with van der Waals surface area (Å²) in [5.41, 5.74) is 1.34. The fourth-order valence-corrected chi connectivity index (χ4v) is 1.79. The molecule has 4 heteroatoms. The maximum absolute atomic E-state index is 13.7. The van der Waals surface area contributed by atoms with Gasteiger partial charge in [0.25, 0.3) is 0 Å². The summed E-state index contributed by atoms with van der Waals surface area (Å²) in [7, 11) is 0. The molecule has 0 aliphatic rings. The van der Waals surface area contributed by atoms with Crippen LogP contribution in [0.5, 0.6) is 0 Å². The number of aromatic nitrogens is 1. The summed E-state index contributed by atoms with van der Waals surface area (Å²) in [6.07, 6.45) is 3.04. The lowest BCUT2D eigenvalue weighted by molar-refractivity contribution is 0.585. The third kappa shape index (κ3) is 1.58. The second-order valence-corrected chi connectivity index (χ2v) is 3.62. The Labute approximate surface area is 95.5 Å². The average Bonchev–Trinajstić information content (AvgIpc) is 2.77. The highest BCUT2D eigenvalue weighted by Gasteiger charge is 2.12. The third-order valence-corrected chi connectivity index (χ3v) is 2.57. The zero-order valence-electron chi connectivity index (χ0n) is 8.65. The Morgan fingerprint density at radius 3 is 2.76 bits per heavy atom. The molecule has 0 spiro atoms. The van der Waals surface area contributed by atoms with Crippen LogP contribution in [0.25, 0.3) is 22.2 Å². The minimum absolute atomic E-state index is 0.262. The van der Waals surface area contributed by atoms with Crippen molar-refractivity contribution in [1.82, 2.24) is 4.98 Å². The van der Waals surface area contributed by atoms with Gasteiger partial charge < -0.3 is 4.42 Å². The van der Waals surface area contributed by atoms with Gasteiger partial charge in [-0.25, -0.2) is 8.78 Å². The molecule has 2 heterocycles. The molecule has 0 N–H and O–H groups in total. The van der Waals surface area contributed by atoms with Crippen LogP contribution in [0.1, 0.15) is 0 Å². The highest BCUT2D eigenvalue weighted by atomic mass is 19.1. The van der Waals surface area contributed by atoms with Gasteiger partial charge in [0.05, 0.1) is 12.0 Å². The van der Waals surface area contributed by atoms with Crippen molar-refractivity contribution in [2.24, 2.45) is 0 Å². The molecule has 0 unspecified atom stereocenters. The summed E-state index contributed by atoms with van der Waals surface area (Å²) < 4.78 is 31.7. The first-order valence-electron chi connectivity index (χ1n) is 5.03. The van der Waals surface area contributed by atoms with Crippen LogP contribution in [-0.2, 0) is 0 Å². The van der Waals surface area contributed by atoms with E-state index < -0.39 is 11.6 Å². The van der Waals surface area contributed by atoms with Crippen LogP contribution >= 0.6 is 0 Å². The summed E-state index contributed by atoms with van der Waals surface area (Å²) in [6, 6.07) is 6.83. The van der Waals surface area contributed by atoms with Gasteiger partial charge in [-0.2, -0.15) is 0 Å². The normalized spacial score (nSPS) is 10.9. The van der Waals surface area contributed by atoms with Crippen molar-refractivity contribution in [3.63, 3.8) is 0 Å². The van der Waals surface area contributed by atoms with Crippen molar-refractivity contribution in [1.29, 1.82) is 0 Å². The van der Waals surface area contributed by atoms with E-state index in [-0.39, 0.29) is 5.56 Å². The molecule has 0 bridgehead atoms. The van der Waals surface area contributed by atoms with E-state index in [0.29, 0.717) is 16.7 Å². The van der Waals surface area contributed by atoms with E-state index in [1.807, 2.05) is 0 Å². The minimum atomic E-state index is -0.633. The van der Waals surface area contributed by atoms with E-state index in [1.165, 1.54) is 24.6 Å². The van der Waals surface area contributed by atoms with E-state index in [2.05, 4.69) is 4.98 Å². The molecule has 0 aliphatic heterocycles. The van der Waals surface area contributed by atoms with Gasteiger partial charge in [-0.05, 0) is 24.3 Å². The third-order valence-electron chi connectivity index (χ3n) is 2.57. The Bertz CT molecular complexity index is 691. The highest BCUT2D eigenvalue weighted by molar-refractivity contribution is 5.91. The predicted octanol–water partition coefficient (Wildman–Crippen LogP) is 3.77. The number of rotatable bonds is 1. The molecule has 0 fully saturated rings. The van der Waals surface area contributed by atoms with Gasteiger partial charge in [-0.1, -0.05) is 0 Å². The second-order valence-electron chi connectivity index (χ2n) is 3.62. The molecule has 0 radical (unpaired) electrons. The number of benzene rings is 1. The van der Waals surface area contributed by atoms with Gasteiger partial charge in [0.2, 0.25) is 0 Å². The fraction of sp³-hybridized carbons (Fsp3) is 0. The predicted molar refractivity (Wildman–Crippen MR) is 59.4 cm³/mol. The monoisotopic (exact) mass is 231 g/mol. The molecule has 0 saturated heterocycles. The summed E-state index contributed by atoms with van der Waals surface area (Å²) in [6.45, 7) is 0. The van der Waals surface area contributed by atoms with Crippen molar-refractivity contribution in [3.05, 3.63) is 54.4 Å². The van der Waals surface area contributed by atoms with E-state index in [0.717, 1.165) is 6.07 Å². The highest BCUT2D eigenvalue weighted by Crippen LogP contribution is 2.29. The zero-order valence-corrected chi connectivity index (χ0v) is 8.65. The Balaban J connectivity index is 2.30. The van der Waals surface area contributed by atoms with Crippen LogP contribution in [0.3, 0.4) is 0 Å². The molecule has 2 aromatic heterocycles. The first kappa shape index (κ1) is 9.96.